The van der Waals surface area contributed by atoms with Gasteiger partial charge in [-0.15, -0.1) is 0 Å². The van der Waals surface area contributed by atoms with Crippen molar-refractivity contribution in [2.75, 3.05) is 18.4 Å². The van der Waals surface area contributed by atoms with Crippen LogP contribution in [0.4, 0.5) is 19.3 Å². The summed E-state index contributed by atoms with van der Waals surface area (Å²) in [6.45, 7) is 1.86. The number of anilines is 1. The van der Waals surface area contributed by atoms with Crippen LogP contribution in [0.15, 0.2) is 53.1 Å². The number of halogens is 2. The molecule has 2 heterocycles. The van der Waals surface area contributed by atoms with E-state index in [9.17, 15) is 13.6 Å². The molecule has 0 spiro atoms. The summed E-state index contributed by atoms with van der Waals surface area (Å²) >= 11 is 0. The van der Waals surface area contributed by atoms with Crippen molar-refractivity contribution in [3.8, 4) is 11.5 Å². The van der Waals surface area contributed by atoms with E-state index in [1.54, 1.807) is 0 Å². The first kappa shape index (κ1) is 19.0. The molecule has 29 heavy (non-hydrogen) atoms. The SMILES string of the molecule is O=C(Nc1ccc(F)cc1F)N[C@H]1CCN(Cc2noc(-c3ccccc3)n2)C1. The van der Waals surface area contributed by atoms with Gasteiger partial charge in [0.05, 0.1) is 12.2 Å². The molecule has 3 aromatic rings. The Hall–Kier alpha value is -3.33. The van der Waals surface area contributed by atoms with Crippen molar-refractivity contribution in [3.63, 3.8) is 0 Å². The number of nitrogens with one attached hydrogen (secondary N) is 2. The molecule has 0 radical (unpaired) electrons. The van der Waals surface area contributed by atoms with E-state index in [-0.39, 0.29) is 11.7 Å². The van der Waals surface area contributed by atoms with E-state index in [1.165, 1.54) is 6.07 Å². The van der Waals surface area contributed by atoms with Crippen LogP contribution >= 0.6 is 0 Å². The number of benzene rings is 2. The van der Waals surface area contributed by atoms with E-state index in [0.717, 1.165) is 30.7 Å². The number of carbonyl (C=O) groups is 1. The van der Waals surface area contributed by atoms with Gasteiger partial charge in [0.15, 0.2) is 5.82 Å². The molecule has 1 atom stereocenters. The lowest BCUT2D eigenvalue weighted by molar-refractivity contribution is 0.247. The lowest BCUT2D eigenvalue weighted by Gasteiger charge is -2.15. The van der Waals surface area contributed by atoms with Crippen molar-refractivity contribution in [2.24, 2.45) is 0 Å². The van der Waals surface area contributed by atoms with Crippen LogP contribution in [-0.4, -0.2) is 40.2 Å². The number of nitrogens with zero attached hydrogens (tertiary/aromatic N) is 3. The molecule has 1 saturated heterocycles. The molecule has 1 aliphatic heterocycles. The number of likely N-dealkylation sites (tertiary alicyclic amines) is 1. The maximum Gasteiger partial charge on any atom is 0.319 e. The molecule has 7 nitrogen and oxygen atoms in total. The Morgan fingerprint density at radius 2 is 2.03 bits per heavy atom. The fraction of sp³-hybridized carbons (Fsp3) is 0.250. The highest BCUT2D eigenvalue weighted by atomic mass is 19.1. The summed E-state index contributed by atoms with van der Waals surface area (Å²) in [4.78, 5) is 18.6. The number of amides is 2. The first-order valence-corrected chi connectivity index (χ1v) is 9.20. The monoisotopic (exact) mass is 399 g/mol. The molecule has 0 unspecified atom stereocenters. The number of carbonyl (C=O) groups excluding carboxylic acids is 1. The Labute approximate surface area is 165 Å². The van der Waals surface area contributed by atoms with Gasteiger partial charge < -0.3 is 15.2 Å². The maximum atomic E-state index is 13.6. The Morgan fingerprint density at radius 1 is 1.21 bits per heavy atom. The van der Waals surface area contributed by atoms with Gasteiger partial charge in [-0.25, -0.2) is 13.6 Å². The summed E-state index contributed by atoms with van der Waals surface area (Å²) < 4.78 is 31.9. The van der Waals surface area contributed by atoms with Crippen LogP contribution in [0.25, 0.3) is 11.5 Å². The maximum absolute atomic E-state index is 13.6. The largest absolute Gasteiger partial charge is 0.334 e. The van der Waals surface area contributed by atoms with Crippen molar-refractivity contribution in [1.29, 1.82) is 0 Å². The zero-order valence-electron chi connectivity index (χ0n) is 15.4. The fourth-order valence-electron chi connectivity index (χ4n) is 3.24. The first-order valence-electron chi connectivity index (χ1n) is 9.20. The minimum Gasteiger partial charge on any atom is -0.334 e. The molecule has 2 aromatic carbocycles. The molecule has 1 aliphatic rings. The van der Waals surface area contributed by atoms with Gasteiger partial charge in [0.1, 0.15) is 11.6 Å². The van der Waals surface area contributed by atoms with Gasteiger partial charge in [0.25, 0.3) is 5.89 Å². The molecule has 2 amide bonds. The van der Waals surface area contributed by atoms with Crippen molar-refractivity contribution >= 4 is 11.7 Å². The van der Waals surface area contributed by atoms with Gasteiger partial charge in [-0.05, 0) is 30.7 Å². The lowest BCUT2D eigenvalue weighted by Crippen LogP contribution is -2.39. The normalized spacial score (nSPS) is 16.7. The number of rotatable bonds is 5. The van der Waals surface area contributed by atoms with Crippen LogP contribution in [0.1, 0.15) is 12.2 Å². The van der Waals surface area contributed by atoms with E-state index in [0.29, 0.717) is 24.8 Å². The van der Waals surface area contributed by atoms with Gasteiger partial charge in [-0.3, -0.25) is 4.90 Å². The summed E-state index contributed by atoms with van der Waals surface area (Å²) in [6.07, 6.45) is 0.739. The highest BCUT2D eigenvalue weighted by Crippen LogP contribution is 2.19. The molecule has 0 saturated carbocycles. The number of aromatic nitrogens is 2. The fourth-order valence-corrected chi connectivity index (χ4v) is 3.24. The Morgan fingerprint density at radius 3 is 2.83 bits per heavy atom. The lowest BCUT2D eigenvalue weighted by atomic mass is 10.2. The predicted molar refractivity (Wildman–Crippen MR) is 102 cm³/mol. The summed E-state index contributed by atoms with van der Waals surface area (Å²) in [6, 6.07) is 11.9. The zero-order valence-corrected chi connectivity index (χ0v) is 15.4. The smallest absolute Gasteiger partial charge is 0.319 e. The molecule has 0 bridgehead atoms. The molecule has 1 fully saturated rings. The minimum atomic E-state index is -0.820. The van der Waals surface area contributed by atoms with Gasteiger partial charge in [-0.2, -0.15) is 4.98 Å². The Bertz CT molecular complexity index is 996. The van der Waals surface area contributed by atoms with Crippen molar-refractivity contribution in [3.05, 3.63) is 66.0 Å². The third-order valence-electron chi connectivity index (χ3n) is 4.64. The first-order chi connectivity index (χ1) is 14.1. The van der Waals surface area contributed by atoms with Crippen molar-refractivity contribution < 1.29 is 18.1 Å². The number of urea groups is 1. The van der Waals surface area contributed by atoms with Crippen LogP contribution in [0.2, 0.25) is 0 Å². The molecule has 1 aromatic heterocycles. The third-order valence-corrected chi connectivity index (χ3v) is 4.64. The predicted octanol–water partition coefficient (Wildman–Crippen LogP) is 3.41. The zero-order chi connectivity index (χ0) is 20.2. The second-order valence-electron chi connectivity index (χ2n) is 6.83. The van der Waals surface area contributed by atoms with Crippen LogP contribution in [0.3, 0.4) is 0 Å². The second kappa shape index (κ2) is 8.36. The van der Waals surface area contributed by atoms with E-state index >= 15 is 0 Å². The molecular weight excluding hydrogens is 380 g/mol. The minimum absolute atomic E-state index is 0.0704. The van der Waals surface area contributed by atoms with Gasteiger partial charge >= 0.3 is 6.03 Å². The van der Waals surface area contributed by atoms with Crippen molar-refractivity contribution in [2.45, 2.75) is 19.0 Å². The van der Waals surface area contributed by atoms with Crippen LogP contribution in [0, 0.1) is 11.6 Å². The highest BCUT2D eigenvalue weighted by molar-refractivity contribution is 5.89. The summed E-state index contributed by atoms with van der Waals surface area (Å²) in [5.74, 6) is -0.478. The molecule has 9 heteroatoms. The van der Waals surface area contributed by atoms with Crippen LogP contribution < -0.4 is 10.6 Å². The average molecular weight is 399 g/mol. The number of hydrogen-bond acceptors (Lipinski definition) is 5. The molecule has 4 rings (SSSR count). The highest BCUT2D eigenvalue weighted by Gasteiger charge is 2.25. The third kappa shape index (κ3) is 4.75. The standard InChI is InChI=1S/C20H19F2N5O2/c21-14-6-7-17(16(22)10-14)24-20(28)23-15-8-9-27(11-15)12-18-25-19(29-26-18)13-4-2-1-3-5-13/h1-7,10,15H,8-9,11-12H2,(H2,23,24,28)/t15-/m0/s1. The Balaban J connectivity index is 1.28. The summed E-state index contributed by atoms with van der Waals surface area (Å²) in [5.41, 5.74) is 0.788. The topological polar surface area (TPSA) is 83.3 Å². The average Bonchev–Trinajstić information content (AvgIpc) is 3.35. The molecule has 150 valence electrons. The van der Waals surface area contributed by atoms with Crippen molar-refractivity contribution in [1.82, 2.24) is 20.4 Å². The summed E-state index contributed by atoms with van der Waals surface area (Å²) in [7, 11) is 0. The van der Waals surface area contributed by atoms with E-state index in [1.807, 2.05) is 30.3 Å². The van der Waals surface area contributed by atoms with Gasteiger partial charge in [0, 0.05) is 30.8 Å². The molecule has 0 aliphatic carbocycles. The summed E-state index contributed by atoms with van der Waals surface area (Å²) in [5, 5.41) is 9.21. The number of hydrogen-bond donors (Lipinski definition) is 2. The molecule has 2 N–H and O–H groups in total. The van der Waals surface area contributed by atoms with Gasteiger partial charge in [0.2, 0.25) is 0 Å². The second-order valence-corrected chi connectivity index (χ2v) is 6.83. The van der Waals surface area contributed by atoms with Crippen LogP contribution in [0.5, 0.6) is 0 Å². The quantitative estimate of drug-likeness (QED) is 0.687. The Kier molecular flexibility index (Phi) is 5.48. The van der Waals surface area contributed by atoms with Gasteiger partial charge in [-0.1, -0.05) is 23.4 Å². The van der Waals surface area contributed by atoms with E-state index in [4.69, 9.17) is 4.52 Å². The van der Waals surface area contributed by atoms with E-state index < -0.39 is 17.7 Å². The van der Waals surface area contributed by atoms with E-state index in [2.05, 4.69) is 25.7 Å². The molecular formula is C20H19F2N5O2. The van der Waals surface area contributed by atoms with Crippen LogP contribution in [-0.2, 0) is 6.54 Å².